The number of amides is 2. The summed E-state index contributed by atoms with van der Waals surface area (Å²) in [5.74, 6) is 2.13. The summed E-state index contributed by atoms with van der Waals surface area (Å²) in [6, 6.07) is 5.20. The summed E-state index contributed by atoms with van der Waals surface area (Å²) in [6.07, 6.45) is 5.06. The number of ether oxygens (including phenoxy) is 1. The van der Waals surface area contributed by atoms with Crippen LogP contribution in [-0.4, -0.2) is 68.0 Å². The third-order valence-corrected chi connectivity index (χ3v) is 6.09. The van der Waals surface area contributed by atoms with Gasteiger partial charge >= 0.3 is 6.09 Å². The number of likely N-dealkylation sites (tertiary alicyclic amines) is 1. The molecule has 2 aromatic heterocycles. The van der Waals surface area contributed by atoms with Gasteiger partial charge in [-0.3, -0.25) is 9.69 Å². The molecule has 34 heavy (non-hydrogen) atoms. The van der Waals surface area contributed by atoms with Crippen LogP contribution >= 0.6 is 0 Å². The number of aromatic nitrogens is 3. The molecule has 1 atom stereocenters. The average Bonchev–Trinajstić information content (AvgIpc) is 3.01. The van der Waals surface area contributed by atoms with Crippen LogP contribution in [0.4, 0.5) is 16.4 Å². The molecular formula is C25H34N6O3. The van der Waals surface area contributed by atoms with E-state index in [2.05, 4.69) is 20.3 Å². The minimum atomic E-state index is -0.597. The zero-order valence-electron chi connectivity index (χ0n) is 20.5. The number of carbonyl (C=O) groups excluding carboxylic acids is 2. The van der Waals surface area contributed by atoms with Crippen molar-refractivity contribution in [2.45, 2.75) is 71.4 Å². The first-order chi connectivity index (χ1) is 16.2. The number of fused-ring (bicyclic) bond motifs is 1. The van der Waals surface area contributed by atoms with Gasteiger partial charge in [-0.1, -0.05) is 6.07 Å². The van der Waals surface area contributed by atoms with Crippen LogP contribution in [0.2, 0.25) is 0 Å². The van der Waals surface area contributed by atoms with Gasteiger partial charge in [-0.05, 0) is 65.5 Å². The molecule has 0 saturated carbocycles. The number of anilines is 2. The van der Waals surface area contributed by atoms with Crippen molar-refractivity contribution in [3.05, 3.63) is 41.5 Å². The predicted octanol–water partition coefficient (Wildman–Crippen LogP) is 3.64. The summed E-state index contributed by atoms with van der Waals surface area (Å²) in [6.45, 7) is 9.06. The number of hydrogen-bond acceptors (Lipinski definition) is 7. The molecule has 1 unspecified atom stereocenters. The molecule has 2 aliphatic rings. The largest absolute Gasteiger partial charge is 0.444 e. The van der Waals surface area contributed by atoms with Crippen molar-refractivity contribution >= 4 is 23.6 Å². The molecule has 2 aliphatic heterocycles. The van der Waals surface area contributed by atoms with Gasteiger partial charge in [0.05, 0.1) is 5.69 Å². The maximum atomic E-state index is 13.6. The van der Waals surface area contributed by atoms with Crippen LogP contribution in [0.15, 0.2) is 24.4 Å². The van der Waals surface area contributed by atoms with E-state index in [0.717, 1.165) is 35.7 Å². The van der Waals surface area contributed by atoms with Gasteiger partial charge < -0.3 is 15.0 Å². The Bertz CT molecular complexity index is 1040. The zero-order chi connectivity index (χ0) is 24.3. The van der Waals surface area contributed by atoms with Gasteiger partial charge in [-0.15, -0.1) is 0 Å². The van der Waals surface area contributed by atoms with E-state index in [4.69, 9.17) is 4.74 Å². The van der Waals surface area contributed by atoms with Crippen molar-refractivity contribution < 1.29 is 14.3 Å². The third kappa shape index (κ3) is 5.63. The van der Waals surface area contributed by atoms with Crippen molar-refractivity contribution in [3.63, 3.8) is 0 Å². The molecule has 182 valence electrons. The van der Waals surface area contributed by atoms with Crippen LogP contribution in [-0.2, 0) is 22.4 Å². The van der Waals surface area contributed by atoms with Gasteiger partial charge in [0.25, 0.3) is 0 Å². The van der Waals surface area contributed by atoms with Crippen LogP contribution in [0, 0.1) is 6.92 Å². The maximum Gasteiger partial charge on any atom is 0.410 e. The minimum absolute atomic E-state index is 0.0118. The minimum Gasteiger partial charge on any atom is -0.444 e. The number of carbonyl (C=O) groups is 2. The zero-order valence-corrected chi connectivity index (χ0v) is 20.5. The molecule has 9 heteroatoms. The van der Waals surface area contributed by atoms with Gasteiger partial charge in [0.15, 0.2) is 0 Å². The molecule has 1 fully saturated rings. The highest BCUT2D eigenvalue weighted by Gasteiger charge is 2.37. The lowest BCUT2D eigenvalue weighted by Crippen LogP contribution is -2.54. The molecule has 0 aromatic carbocycles. The van der Waals surface area contributed by atoms with E-state index in [1.54, 1.807) is 11.1 Å². The first-order valence-electron chi connectivity index (χ1n) is 12.0. The molecule has 0 aliphatic carbocycles. The van der Waals surface area contributed by atoms with Crippen LogP contribution in [0.3, 0.4) is 0 Å². The standard InChI is InChI=1S/C25H34N6O3/c1-17-27-19-12-16-30(15-11-18(19)22(28-17)29-21-10-5-7-13-26-21)23(32)20-9-6-8-14-31(20)24(33)34-25(2,3)4/h5,7,10,13,20H,6,8-9,11-12,14-16H2,1-4H3,(H,26,27,28,29). The molecule has 9 nitrogen and oxygen atoms in total. The Kier molecular flexibility index (Phi) is 7.00. The van der Waals surface area contributed by atoms with Crippen LogP contribution in [0.1, 0.15) is 57.1 Å². The first kappa shape index (κ1) is 23.9. The number of nitrogens with zero attached hydrogens (tertiary/aromatic N) is 5. The smallest absolute Gasteiger partial charge is 0.410 e. The van der Waals surface area contributed by atoms with E-state index < -0.39 is 17.7 Å². The number of pyridine rings is 1. The molecule has 2 aromatic rings. The lowest BCUT2D eigenvalue weighted by Gasteiger charge is -2.38. The summed E-state index contributed by atoms with van der Waals surface area (Å²) in [5.41, 5.74) is 1.37. The number of hydrogen-bond donors (Lipinski definition) is 1. The fourth-order valence-corrected chi connectivity index (χ4v) is 4.54. The normalized spacial score (nSPS) is 18.6. The lowest BCUT2D eigenvalue weighted by atomic mass is 10.0. The quantitative estimate of drug-likeness (QED) is 0.737. The monoisotopic (exact) mass is 466 g/mol. The van der Waals surface area contributed by atoms with Gasteiger partial charge in [-0.25, -0.2) is 19.7 Å². The Morgan fingerprint density at radius 2 is 1.88 bits per heavy atom. The SMILES string of the molecule is Cc1nc2c(c(Nc3ccccn3)n1)CCN(C(=O)C1CCCCN1C(=O)OC(C)(C)C)CC2. The Morgan fingerprint density at radius 3 is 2.62 bits per heavy atom. The molecule has 0 spiro atoms. The van der Waals surface area contributed by atoms with E-state index in [-0.39, 0.29) is 5.91 Å². The Balaban J connectivity index is 1.50. The predicted molar refractivity (Wildman–Crippen MR) is 129 cm³/mol. The number of aryl methyl sites for hydroxylation is 1. The van der Waals surface area contributed by atoms with Crippen molar-refractivity contribution in [1.82, 2.24) is 24.8 Å². The Labute approximate surface area is 200 Å². The average molecular weight is 467 g/mol. The third-order valence-electron chi connectivity index (χ3n) is 6.09. The highest BCUT2D eigenvalue weighted by Crippen LogP contribution is 2.26. The van der Waals surface area contributed by atoms with Crippen LogP contribution in [0.25, 0.3) is 0 Å². The van der Waals surface area contributed by atoms with Crippen molar-refractivity contribution in [1.29, 1.82) is 0 Å². The maximum absolute atomic E-state index is 13.6. The van der Waals surface area contributed by atoms with E-state index in [9.17, 15) is 9.59 Å². The molecule has 4 rings (SSSR count). The van der Waals surface area contributed by atoms with Gasteiger partial charge in [0.2, 0.25) is 5.91 Å². The molecule has 1 saturated heterocycles. The second kappa shape index (κ2) is 9.95. The lowest BCUT2D eigenvalue weighted by molar-refractivity contribution is -0.138. The second-order valence-electron chi connectivity index (χ2n) is 9.90. The fourth-order valence-electron chi connectivity index (χ4n) is 4.54. The fraction of sp³-hybridized carbons (Fsp3) is 0.560. The van der Waals surface area contributed by atoms with Gasteiger partial charge in [0, 0.05) is 37.8 Å². The van der Waals surface area contributed by atoms with Gasteiger partial charge in [0.1, 0.15) is 29.1 Å². The number of nitrogens with one attached hydrogen (secondary N) is 1. The van der Waals surface area contributed by atoms with Gasteiger partial charge in [-0.2, -0.15) is 0 Å². The van der Waals surface area contributed by atoms with Crippen molar-refractivity contribution in [2.75, 3.05) is 25.0 Å². The highest BCUT2D eigenvalue weighted by atomic mass is 16.6. The number of piperidine rings is 1. The molecule has 0 bridgehead atoms. The van der Waals surface area contributed by atoms with E-state index in [0.29, 0.717) is 44.7 Å². The molecule has 0 radical (unpaired) electrons. The first-order valence-corrected chi connectivity index (χ1v) is 12.0. The van der Waals surface area contributed by atoms with E-state index in [1.807, 2.05) is 50.8 Å². The summed E-state index contributed by atoms with van der Waals surface area (Å²) in [7, 11) is 0. The Hall–Kier alpha value is -3.23. The molecule has 1 N–H and O–H groups in total. The summed E-state index contributed by atoms with van der Waals surface area (Å²) in [4.78, 5) is 43.5. The van der Waals surface area contributed by atoms with E-state index in [1.165, 1.54) is 0 Å². The topological polar surface area (TPSA) is 101 Å². The van der Waals surface area contributed by atoms with Crippen LogP contribution < -0.4 is 5.32 Å². The van der Waals surface area contributed by atoms with Crippen molar-refractivity contribution in [3.8, 4) is 0 Å². The Morgan fingerprint density at radius 1 is 1.09 bits per heavy atom. The van der Waals surface area contributed by atoms with Crippen LogP contribution in [0.5, 0.6) is 0 Å². The summed E-state index contributed by atoms with van der Waals surface area (Å²) in [5, 5.41) is 3.32. The van der Waals surface area contributed by atoms with Crippen molar-refractivity contribution in [2.24, 2.45) is 0 Å². The molecule has 4 heterocycles. The van der Waals surface area contributed by atoms with E-state index >= 15 is 0 Å². The summed E-state index contributed by atoms with van der Waals surface area (Å²) >= 11 is 0. The number of rotatable bonds is 3. The highest BCUT2D eigenvalue weighted by molar-refractivity contribution is 5.86. The molecular weight excluding hydrogens is 432 g/mol. The summed E-state index contributed by atoms with van der Waals surface area (Å²) < 4.78 is 5.59. The molecule has 2 amide bonds. The second-order valence-corrected chi connectivity index (χ2v) is 9.90.